The van der Waals surface area contributed by atoms with E-state index in [4.69, 9.17) is 4.74 Å². The predicted octanol–water partition coefficient (Wildman–Crippen LogP) is 2.31. The van der Waals surface area contributed by atoms with E-state index < -0.39 is 29.8 Å². The topological polar surface area (TPSA) is 81.7 Å². The third-order valence-corrected chi connectivity index (χ3v) is 4.04. The molecule has 0 aliphatic rings. The van der Waals surface area contributed by atoms with E-state index in [9.17, 15) is 14.4 Å². The van der Waals surface area contributed by atoms with Crippen LogP contribution in [0, 0.1) is 5.92 Å². The summed E-state index contributed by atoms with van der Waals surface area (Å²) in [5, 5.41) is 4.60. The maximum atomic E-state index is 12.5. The molecular weight excluding hydrogens is 322 g/mol. The van der Waals surface area contributed by atoms with E-state index in [1.54, 1.807) is 19.1 Å². The first-order valence-electron chi connectivity index (χ1n) is 7.90. The van der Waals surface area contributed by atoms with Gasteiger partial charge in [-0.3, -0.25) is 9.59 Å². The molecule has 0 unspecified atom stereocenters. The Labute approximate surface area is 146 Å². The Morgan fingerprint density at radius 2 is 1.68 bits per heavy atom. The van der Waals surface area contributed by atoms with Crippen LogP contribution in [0.1, 0.15) is 23.7 Å². The Kier molecular flexibility index (Phi) is 6.11. The molecule has 0 saturated heterocycles. The van der Waals surface area contributed by atoms with Gasteiger partial charge < -0.3 is 14.8 Å². The summed E-state index contributed by atoms with van der Waals surface area (Å²) in [6, 6.07) is 12.0. The molecule has 132 valence electrons. The Morgan fingerprint density at radius 3 is 2.32 bits per heavy atom. The fourth-order valence-electron chi connectivity index (χ4n) is 2.58. The molecule has 2 atom stereocenters. The number of carbonyl (C=O) groups excluding carboxylic acids is 3. The van der Waals surface area contributed by atoms with Crippen molar-refractivity contribution in [2.24, 2.45) is 5.92 Å². The van der Waals surface area contributed by atoms with Crippen molar-refractivity contribution < 1.29 is 23.9 Å². The summed E-state index contributed by atoms with van der Waals surface area (Å²) in [5.41, 5.74) is 0.429. The molecule has 0 saturated carbocycles. The van der Waals surface area contributed by atoms with Gasteiger partial charge in [-0.25, -0.2) is 4.79 Å². The zero-order valence-corrected chi connectivity index (χ0v) is 14.4. The largest absolute Gasteiger partial charge is 0.469 e. The zero-order valence-electron chi connectivity index (χ0n) is 14.4. The molecule has 0 aliphatic carbocycles. The number of ether oxygens (including phenoxy) is 2. The van der Waals surface area contributed by atoms with Crippen molar-refractivity contribution in [1.29, 1.82) is 0 Å². The van der Waals surface area contributed by atoms with E-state index in [1.165, 1.54) is 14.2 Å². The number of nitrogens with one attached hydrogen (secondary N) is 1. The van der Waals surface area contributed by atoms with E-state index in [2.05, 4.69) is 10.1 Å². The van der Waals surface area contributed by atoms with Crippen LogP contribution in [0.25, 0.3) is 10.8 Å². The minimum Gasteiger partial charge on any atom is -0.469 e. The van der Waals surface area contributed by atoms with E-state index in [0.717, 1.165) is 10.8 Å². The van der Waals surface area contributed by atoms with Crippen molar-refractivity contribution in [3.8, 4) is 0 Å². The highest BCUT2D eigenvalue weighted by atomic mass is 16.5. The van der Waals surface area contributed by atoms with Crippen LogP contribution in [0.15, 0.2) is 42.5 Å². The zero-order chi connectivity index (χ0) is 18.4. The number of hydrogen-bond donors (Lipinski definition) is 1. The summed E-state index contributed by atoms with van der Waals surface area (Å²) in [4.78, 5) is 36.0. The molecule has 0 bridgehead atoms. The Bertz CT molecular complexity index is 786. The lowest BCUT2D eigenvalue weighted by Crippen LogP contribution is -2.46. The SMILES string of the molecule is COC(=O)C[C@H](C)[C@H](NC(=O)c1ccc2ccccc2c1)C(=O)OC. The van der Waals surface area contributed by atoms with Gasteiger partial charge in [0.15, 0.2) is 0 Å². The summed E-state index contributed by atoms with van der Waals surface area (Å²) >= 11 is 0. The normalized spacial score (nSPS) is 12.9. The molecule has 1 N–H and O–H groups in total. The minimum absolute atomic E-state index is 0.00569. The summed E-state index contributed by atoms with van der Waals surface area (Å²) < 4.78 is 9.37. The third kappa shape index (κ3) is 4.56. The van der Waals surface area contributed by atoms with Crippen molar-refractivity contribution in [3.63, 3.8) is 0 Å². The number of esters is 2. The van der Waals surface area contributed by atoms with Crippen molar-refractivity contribution >= 4 is 28.6 Å². The minimum atomic E-state index is -0.942. The van der Waals surface area contributed by atoms with Gasteiger partial charge in [0.1, 0.15) is 6.04 Å². The fraction of sp³-hybridized carbons (Fsp3) is 0.316. The van der Waals surface area contributed by atoms with Crippen LogP contribution in [-0.2, 0) is 19.1 Å². The number of carbonyl (C=O) groups is 3. The molecule has 0 fully saturated rings. The quantitative estimate of drug-likeness (QED) is 0.814. The molecule has 0 aromatic heterocycles. The highest BCUT2D eigenvalue weighted by Crippen LogP contribution is 2.17. The second-order valence-electron chi connectivity index (χ2n) is 5.79. The first-order valence-corrected chi connectivity index (χ1v) is 7.90. The molecule has 0 heterocycles. The number of benzene rings is 2. The van der Waals surface area contributed by atoms with Gasteiger partial charge in [0.25, 0.3) is 5.91 Å². The van der Waals surface area contributed by atoms with Gasteiger partial charge in [0.05, 0.1) is 20.6 Å². The highest BCUT2D eigenvalue weighted by Gasteiger charge is 2.30. The van der Waals surface area contributed by atoms with Crippen molar-refractivity contribution in [1.82, 2.24) is 5.32 Å². The van der Waals surface area contributed by atoms with Crippen LogP contribution in [0.4, 0.5) is 0 Å². The van der Waals surface area contributed by atoms with Gasteiger partial charge in [-0.2, -0.15) is 0 Å². The van der Waals surface area contributed by atoms with Crippen molar-refractivity contribution in [2.75, 3.05) is 14.2 Å². The van der Waals surface area contributed by atoms with Gasteiger partial charge in [0.2, 0.25) is 0 Å². The summed E-state index contributed by atoms with van der Waals surface area (Å²) in [7, 11) is 2.51. The summed E-state index contributed by atoms with van der Waals surface area (Å²) in [5.74, 6) is -1.94. The Morgan fingerprint density at radius 1 is 1.00 bits per heavy atom. The molecule has 0 radical (unpaired) electrons. The molecule has 6 heteroatoms. The molecule has 2 aromatic carbocycles. The second-order valence-corrected chi connectivity index (χ2v) is 5.79. The van der Waals surface area contributed by atoms with Gasteiger partial charge in [-0.05, 0) is 28.8 Å². The molecule has 25 heavy (non-hydrogen) atoms. The lowest BCUT2D eigenvalue weighted by molar-refractivity contribution is -0.146. The Balaban J connectivity index is 2.19. The number of rotatable bonds is 6. The summed E-state index contributed by atoms with van der Waals surface area (Å²) in [6.07, 6.45) is -0.00569. The van der Waals surface area contributed by atoms with E-state index in [0.29, 0.717) is 5.56 Å². The maximum absolute atomic E-state index is 12.5. The standard InChI is InChI=1S/C19H21NO5/c1-12(10-16(21)24-2)17(19(23)25-3)20-18(22)15-9-8-13-6-4-5-7-14(13)11-15/h4-9,11-12,17H,10H2,1-3H3,(H,20,22)/t12-,17-/m0/s1. The van der Waals surface area contributed by atoms with Crippen LogP contribution in [-0.4, -0.2) is 38.1 Å². The monoisotopic (exact) mass is 343 g/mol. The van der Waals surface area contributed by atoms with E-state index >= 15 is 0 Å². The first-order chi connectivity index (χ1) is 12.0. The van der Waals surface area contributed by atoms with Crippen molar-refractivity contribution in [3.05, 3.63) is 48.0 Å². The van der Waals surface area contributed by atoms with Gasteiger partial charge in [-0.1, -0.05) is 37.3 Å². The van der Waals surface area contributed by atoms with Crippen LogP contribution < -0.4 is 5.32 Å². The second kappa shape index (κ2) is 8.28. The number of hydrogen-bond acceptors (Lipinski definition) is 5. The molecule has 6 nitrogen and oxygen atoms in total. The number of fused-ring (bicyclic) bond motifs is 1. The van der Waals surface area contributed by atoms with Crippen LogP contribution in [0.2, 0.25) is 0 Å². The van der Waals surface area contributed by atoms with E-state index in [-0.39, 0.29) is 6.42 Å². The third-order valence-electron chi connectivity index (χ3n) is 4.04. The molecule has 1 amide bonds. The lowest BCUT2D eigenvalue weighted by Gasteiger charge is -2.22. The number of methoxy groups -OCH3 is 2. The average Bonchev–Trinajstić information content (AvgIpc) is 2.64. The summed E-state index contributed by atoms with van der Waals surface area (Å²) in [6.45, 7) is 1.68. The fourth-order valence-corrected chi connectivity index (χ4v) is 2.58. The number of amides is 1. The van der Waals surface area contributed by atoms with Crippen molar-refractivity contribution in [2.45, 2.75) is 19.4 Å². The van der Waals surface area contributed by atoms with Crippen LogP contribution in [0.3, 0.4) is 0 Å². The molecule has 2 rings (SSSR count). The van der Waals surface area contributed by atoms with Gasteiger partial charge in [0, 0.05) is 5.56 Å². The molecule has 0 spiro atoms. The molecular formula is C19H21NO5. The van der Waals surface area contributed by atoms with E-state index in [1.807, 2.05) is 30.3 Å². The smallest absolute Gasteiger partial charge is 0.328 e. The highest BCUT2D eigenvalue weighted by molar-refractivity contribution is 6.00. The van der Waals surface area contributed by atoms with Crippen LogP contribution in [0.5, 0.6) is 0 Å². The van der Waals surface area contributed by atoms with Gasteiger partial charge in [-0.15, -0.1) is 0 Å². The predicted molar refractivity (Wildman–Crippen MR) is 93.0 cm³/mol. The molecule has 0 aliphatic heterocycles. The van der Waals surface area contributed by atoms with Crippen LogP contribution >= 0.6 is 0 Å². The first kappa shape index (κ1) is 18.4. The lowest BCUT2D eigenvalue weighted by atomic mass is 9.97. The average molecular weight is 343 g/mol. The molecule has 2 aromatic rings. The maximum Gasteiger partial charge on any atom is 0.328 e. The van der Waals surface area contributed by atoms with Gasteiger partial charge >= 0.3 is 11.9 Å². The Hall–Kier alpha value is -2.89.